The van der Waals surface area contributed by atoms with Gasteiger partial charge in [-0.05, 0) is 74.2 Å². The molecule has 1 N–H and O–H groups in total. The van der Waals surface area contributed by atoms with Crippen LogP contribution in [0.25, 0.3) is 0 Å². The Morgan fingerprint density at radius 2 is 1.51 bits per heavy atom. The van der Waals surface area contributed by atoms with Crippen LogP contribution in [0.2, 0.25) is 0 Å². The summed E-state index contributed by atoms with van der Waals surface area (Å²) in [7, 11) is -1.18. The first-order chi connectivity index (χ1) is 16.6. The highest BCUT2D eigenvalue weighted by atomic mass is 32.2. The van der Waals surface area contributed by atoms with Crippen LogP contribution in [0.3, 0.4) is 0 Å². The lowest BCUT2D eigenvalue weighted by atomic mass is 9.96. The lowest BCUT2D eigenvalue weighted by Crippen LogP contribution is -2.41. The molecule has 0 radical (unpaired) electrons. The second kappa shape index (κ2) is 10.8. The Kier molecular flexibility index (Phi) is 8.07. The molecular formula is C27H32N2O5S. The summed E-state index contributed by atoms with van der Waals surface area (Å²) in [5, 5.41) is 2.96. The van der Waals surface area contributed by atoms with E-state index in [1.165, 1.54) is 38.0 Å². The van der Waals surface area contributed by atoms with E-state index >= 15 is 0 Å². The average molecular weight is 497 g/mol. The van der Waals surface area contributed by atoms with Crippen LogP contribution < -0.4 is 19.1 Å². The molecule has 3 aromatic rings. The molecule has 0 fully saturated rings. The molecule has 3 rings (SSSR count). The lowest BCUT2D eigenvalue weighted by molar-refractivity contribution is -0.120. The summed E-state index contributed by atoms with van der Waals surface area (Å²) < 4.78 is 39.0. The topological polar surface area (TPSA) is 84.9 Å². The van der Waals surface area contributed by atoms with Crippen molar-refractivity contribution in [3.05, 3.63) is 82.9 Å². The zero-order valence-electron chi connectivity index (χ0n) is 21.0. The molecule has 0 bridgehead atoms. The summed E-state index contributed by atoms with van der Waals surface area (Å²) in [4.78, 5) is 13.1. The second-order valence-corrected chi connectivity index (χ2v) is 10.3. The molecule has 0 saturated carbocycles. The van der Waals surface area contributed by atoms with Crippen LogP contribution in [0.15, 0.2) is 65.6 Å². The largest absolute Gasteiger partial charge is 0.493 e. The molecular weight excluding hydrogens is 464 g/mol. The van der Waals surface area contributed by atoms with E-state index in [0.717, 1.165) is 21.0 Å². The van der Waals surface area contributed by atoms with Gasteiger partial charge in [0.05, 0.1) is 30.8 Å². The zero-order valence-corrected chi connectivity index (χ0v) is 21.8. The van der Waals surface area contributed by atoms with Gasteiger partial charge in [-0.3, -0.25) is 9.10 Å². The minimum absolute atomic E-state index is 0.00939. The van der Waals surface area contributed by atoms with Gasteiger partial charge in [0.1, 0.15) is 6.54 Å². The fourth-order valence-electron chi connectivity index (χ4n) is 3.96. The van der Waals surface area contributed by atoms with Crippen LogP contribution >= 0.6 is 0 Å². The number of sulfonamides is 1. The fraction of sp³-hybridized carbons (Fsp3) is 0.296. The fourth-order valence-corrected chi connectivity index (χ4v) is 5.40. The van der Waals surface area contributed by atoms with Crippen molar-refractivity contribution < 1.29 is 22.7 Å². The Morgan fingerprint density at radius 1 is 0.886 bits per heavy atom. The number of methoxy groups -OCH3 is 2. The number of rotatable bonds is 9. The van der Waals surface area contributed by atoms with Crippen LogP contribution in [0, 0.1) is 20.8 Å². The molecule has 0 aliphatic carbocycles. The molecule has 0 saturated heterocycles. The van der Waals surface area contributed by atoms with Gasteiger partial charge in [0.25, 0.3) is 10.0 Å². The van der Waals surface area contributed by atoms with E-state index in [4.69, 9.17) is 9.47 Å². The van der Waals surface area contributed by atoms with E-state index in [9.17, 15) is 13.2 Å². The number of ether oxygens (including phenoxy) is 2. The van der Waals surface area contributed by atoms with Crippen molar-refractivity contribution in [1.29, 1.82) is 0 Å². The van der Waals surface area contributed by atoms with Gasteiger partial charge >= 0.3 is 0 Å². The highest BCUT2D eigenvalue weighted by Gasteiger charge is 2.29. The smallest absolute Gasteiger partial charge is 0.264 e. The standard InChI is InChI=1S/C27H32N2O5S/c1-18-14-20(3)24(15-19(18)2)21(4)28-27(30)17-29(22-10-8-7-9-11-22)35(31,32)23-12-13-25(33-5)26(16-23)34-6/h7-16,21H,17H2,1-6H3,(H,28,30)/t21-/m0/s1. The predicted octanol–water partition coefficient (Wildman–Crippen LogP) is 4.70. The van der Waals surface area contributed by atoms with Gasteiger partial charge in [-0.2, -0.15) is 0 Å². The monoisotopic (exact) mass is 496 g/mol. The highest BCUT2D eigenvalue weighted by Crippen LogP contribution is 2.32. The summed E-state index contributed by atoms with van der Waals surface area (Å²) in [6.07, 6.45) is 0. The zero-order chi connectivity index (χ0) is 25.8. The van der Waals surface area contributed by atoms with Gasteiger partial charge in [-0.15, -0.1) is 0 Å². The first-order valence-electron chi connectivity index (χ1n) is 11.3. The first-order valence-corrected chi connectivity index (χ1v) is 12.7. The number of nitrogens with one attached hydrogen (secondary N) is 1. The number of anilines is 1. The summed E-state index contributed by atoms with van der Waals surface area (Å²) in [5.74, 6) is 0.279. The Balaban J connectivity index is 1.93. The average Bonchev–Trinajstić information content (AvgIpc) is 2.84. The van der Waals surface area contributed by atoms with Crippen LogP contribution in [0.4, 0.5) is 5.69 Å². The molecule has 8 heteroatoms. The van der Waals surface area contributed by atoms with Crippen molar-refractivity contribution in [1.82, 2.24) is 5.32 Å². The number of carbonyl (C=O) groups is 1. The van der Waals surface area contributed by atoms with Gasteiger partial charge in [-0.1, -0.05) is 30.3 Å². The van der Waals surface area contributed by atoms with Crippen molar-refractivity contribution >= 4 is 21.6 Å². The summed E-state index contributed by atoms with van der Waals surface area (Å²) in [5.41, 5.74) is 4.76. The molecule has 3 aromatic carbocycles. The maximum Gasteiger partial charge on any atom is 0.264 e. The molecule has 1 atom stereocenters. The van der Waals surface area contributed by atoms with Gasteiger partial charge in [-0.25, -0.2) is 8.42 Å². The Labute approximate surface area is 207 Å². The Morgan fingerprint density at radius 3 is 2.14 bits per heavy atom. The highest BCUT2D eigenvalue weighted by molar-refractivity contribution is 7.92. The van der Waals surface area contributed by atoms with Gasteiger partial charge in [0.15, 0.2) is 11.5 Å². The third kappa shape index (κ3) is 5.77. The normalized spacial score (nSPS) is 12.1. The van der Waals surface area contributed by atoms with E-state index in [-0.39, 0.29) is 23.2 Å². The van der Waals surface area contributed by atoms with Crippen molar-refractivity contribution in [3.8, 4) is 11.5 Å². The predicted molar refractivity (Wildman–Crippen MR) is 138 cm³/mol. The van der Waals surface area contributed by atoms with Gasteiger partial charge in [0.2, 0.25) is 5.91 Å². The minimum atomic E-state index is -4.09. The molecule has 0 aliphatic rings. The van der Waals surface area contributed by atoms with E-state index in [2.05, 4.69) is 17.4 Å². The van der Waals surface area contributed by atoms with Crippen LogP contribution in [-0.4, -0.2) is 35.1 Å². The number of hydrogen-bond acceptors (Lipinski definition) is 5. The third-order valence-electron chi connectivity index (χ3n) is 6.00. The number of nitrogens with zero attached hydrogens (tertiary/aromatic N) is 1. The summed E-state index contributed by atoms with van der Waals surface area (Å²) >= 11 is 0. The number of para-hydroxylation sites is 1. The SMILES string of the molecule is COc1ccc(S(=O)(=O)N(CC(=O)N[C@@H](C)c2cc(C)c(C)cc2C)c2ccccc2)cc1OC. The van der Waals surface area contributed by atoms with Crippen molar-refractivity contribution in [2.45, 2.75) is 38.6 Å². The Bertz CT molecular complexity index is 1310. The van der Waals surface area contributed by atoms with Crippen molar-refractivity contribution in [2.75, 3.05) is 25.1 Å². The van der Waals surface area contributed by atoms with Gasteiger partial charge < -0.3 is 14.8 Å². The molecule has 0 aliphatic heterocycles. The number of hydrogen-bond donors (Lipinski definition) is 1. The molecule has 1 amide bonds. The molecule has 0 heterocycles. The van der Waals surface area contributed by atoms with Crippen molar-refractivity contribution in [2.24, 2.45) is 0 Å². The third-order valence-corrected chi connectivity index (χ3v) is 7.77. The molecule has 186 valence electrons. The second-order valence-electron chi connectivity index (χ2n) is 8.45. The maximum absolute atomic E-state index is 13.7. The number of carbonyl (C=O) groups excluding carboxylic acids is 1. The van der Waals surface area contributed by atoms with E-state index in [1.54, 1.807) is 30.3 Å². The number of benzene rings is 3. The molecule has 35 heavy (non-hydrogen) atoms. The minimum Gasteiger partial charge on any atom is -0.493 e. The number of aryl methyl sites for hydroxylation is 3. The van der Waals surface area contributed by atoms with Crippen LogP contribution in [0.5, 0.6) is 11.5 Å². The van der Waals surface area contributed by atoms with Gasteiger partial charge in [0, 0.05) is 6.07 Å². The molecule has 7 nitrogen and oxygen atoms in total. The summed E-state index contributed by atoms with van der Waals surface area (Å²) in [6.45, 7) is 7.59. The molecule has 0 spiro atoms. The number of amides is 1. The van der Waals surface area contributed by atoms with Crippen molar-refractivity contribution in [3.63, 3.8) is 0 Å². The first kappa shape index (κ1) is 26.1. The van der Waals surface area contributed by atoms with E-state index in [1.807, 2.05) is 27.7 Å². The maximum atomic E-state index is 13.7. The van der Waals surface area contributed by atoms with E-state index in [0.29, 0.717) is 11.4 Å². The van der Waals surface area contributed by atoms with E-state index < -0.39 is 15.9 Å². The van der Waals surface area contributed by atoms with Crippen LogP contribution in [-0.2, 0) is 14.8 Å². The Hall–Kier alpha value is -3.52. The molecule has 0 unspecified atom stereocenters. The molecule has 0 aromatic heterocycles. The quantitative estimate of drug-likeness (QED) is 0.464. The van der Waals surface area contributed by atoms with Crippen LogP contribution in [0.1, 0.15) is 35.2 Å². The lowest BCUT2D eigenvalue weighted by Gasteiger charge is -2.26. The summed E-state index contributed by atoms with van der Waals surface area (Å²) in [6, 6.07) is 16.8.